The third-order valence-electron chi connectivity index (χ3n) is 3.00. The zero-order valence-electron chi connectivity index (χ0n) is 11.3. The molecule has 5 nitrogen and oxygen atoms in total. The number of aryl methyl sites for hydroxylation is 1. The lowest BCUT2D eigenvalue weighted by atomic mass is 10.2. The van der Waals surface area contributed by atoms with Crippen LogP contribution in [0.25, 0.3) is 0 Å². The Hall–Kier alpha value is -1.92. The van der Waals surface area contributed by atoms with Crippen LogP contribution < -0.4 is 4.31 Å². The van der Waals surface area contributed by atoms with Gasteiger partial charge in [-0.05, 0) is 30.7 Å². The first-order chi connectivity index (χ1) is 9.45. The third-order valence-corrected chi connectivity index (χ3v) is 4.70. The highest BCUT2D eigenvalue weighted by molar-refractivity contribution is 7.92. The molecule has 1 aromatic heterocycles. The Morgan fingerprint density at radius 2 is 1.80 bits per heavy atom. The molecule has 0 bridgehead atoms. The van der Waals surface area contributed by atoms with Crippen LogP contribution in [0, 0.1) is 6.92 Å². The minimum atomic E-state index is -3.69. The minimum Gasteiger partial charge on any atom is -0.392 e. The lowest BCUT2D eigenvalue weighted by molar-refractivity contribution is 0.281. The Morgan fingerprint density at radius 1 is 1.15 bits per heavy atom. The van der Waals surface area contributed by atoms with Crippen LogP contribution >= 0.6 is 0 Å². The van der Waals surface area contributed by atoms with Crippen molar-refractivity contribution in [1.82, 2.24) is 4.98 Å². The average Bonchev–Trinajstić information content (AvgIpc) is 2.47. The molecule has 1 aromatic carbocycles. The molecule has 0 amide bonds. The molecule has 0 aliphatic rings. The predicted octanol–water partition coefficient (Wildman–Crippen LogP) is 1.71. The van der Waals surface area contributed by atoms with Crippen molar-refractivity contribution < 1.29 is 13.5 Å². The number of aromatic nitrogens is 1. The Balaban J connectivity index is 2.35. The summed E-state index contributed by atoms with van der Waals surface area (Å²) in [7, 11) is -2.20. The average molecular weight is 292 g/mol. The first-order valence-corrected chi connectivity index (χ1v) is 7.50. The van der Waals surface area contributed by atoms with Gasteiger partial charge in [0.1, 0.15) is 0 Å². The fraction of sp³-hybridized carbons (Fsp3) is 0.214. The number of pyridine rings is 1. The van der Waals surface area contributed by atoms with Gasteiger partial charge in [-0.15, -0.1) is 0 Å². The van der Waals surface area contributed by atoms with Gasteiger partial charge < -0.3 is 5.11 Å². The molecule has 0 saturated heterocycles. The number of nitrogens with zero attached hydrogens (tertiary/aromatic N) is 2. The summed E-state index contributed by atoms with van der Waals surface area (Å²) >= 11 is 0. The molecule has 0 saturated carbocycles. The molecule has 106 valence electrons. The number of sulfonamides is 1. The molecule has 6 heteroatoms. The SMILES string of the molecule is Cc1ccc(N(C)S(=O)(=O)c2ccc(CO)cn2)cc1. The van der Waals surface area contributed by atoms with Gasteiger partial charge >= 0.3 is 0 Å². The molecule has 2 rings (SSSR count). The summed E-state index contributed by atoms with van der Waals surface area (Å²) < 4.78 is 26.0. The van der Waals surface area contributed by atoms with E-state index in [1.165, 1.54) is 23.6 Å². The number of hydrogen-bond donors (Lipinski definition) is 1. The second-order valence-electron chi connectivity index (χ2n) is 4.47. The van der Waals surface area contributed by atoms with Crippen molar-refractivity contribution in [3.63, 3.8) is 0 Å². The molecular weight excluding hydrogens is 276 g/mol. The standard InChI is InChI=1S/C14H16N2O3S/c1-11-3-6-13(7-4-11)16(2)20(18,19)14-8-5-12(10-17)9-15-14/h3-9,17H,10H2,1-2H3. The summed E-state index contributed by atoms with van der Waals surface area (Å²) in [6.07, 6.45) is 1.36. The monoisotopic (exact) mass is 292 g/mol. The summed E-state index contributed by atoms with van der Waals surface area (Å²) in [5, 5.41) is 8.90. The van der Waals surface area contributed by atoms with E-state index in [-0.39, 0.29) is 11.6 Å². The number of anilines is 1. The Morgan fingerprint density at radius 3 is 2.30 bits per heavy atom. The van der Waals surface area contributed by atoms with Gasteiger partial charge in [0.15, 0.2) is 5.03 Å². The molecule has 0 radical (unpaired) electrons. The van der Waals surface area contributed by atoms with Crippen molar-refractivity contribution in [3.8, 4) is 0 Å². The fourth-order valence-corrected chi connectivity index (χ4v) is 2.80. The third kappa shape index (κ3) is 2.81. The van der Waals surface area contributed by atoms with E-state index in [0.29, 0.717) is 11.3 Å². The summed E-state index contributed by atoms with van der Waals surface area (Å²) in [6, 6.07) is 10.1. The van der Waals surface area contributed by atoms with E-state index in [9.17, 15) is 8.42 Å². The largest absolute Gasteiger partial charge is 0.392 e. The van der Waals surface area contributed by atoms with Crippen molar-refractivity contribution in [3.05, 3.63) is 53.7 Å². The highest BCUT2D eigenvalue weighted by atomic mass is 32.2. The fourth-order valence-electron chi connectivity index (χ4n) is 1.69. The summed E-state index contributed by atoms with van der Waals surface area (Å²) in [6.45, 7) is 1.77. The minimum absolute atomic E-state index is 0.0437. The molecule has 0 spiro atoms. The summed E-state index contributed by atoms with van der Waals surface area (Å²) in [5.74, 6) is 0. The highest BCUT2D eigenvalue weighted by Gasteiger charge is 2.22. The lowest BCUT2D eigenvalue weighted by Crippen LogP contribution is -2.27. The molecule has 20 heavy (non-hydrogen) atoms. The first-order valence-electron chi connectivity index (χ1n) is 6.06. The van der Waals surface area contributed by atoms with Gasteiger partial charge in [-0.3, -0.25) is 4.31 Å². The van der Waals surface area contributed by atoms with Crippen LogP contribution in [0.3, 0.4) is 0 Å². The van der Waals surface area contributed by atoms with Crippen LogP contribution in [0.2, 0.25) is 0 Å². The summed E-state index contributed by atoms with van der Waals surface area (Å²) in [5.41, 5.74) is 2.20. The second kappa shape index (κ2) is 5.60. The van der Waals surface area contributed by atoms with E-state index in [4.69, 9.17) is 5.11 Å². The van der Waals surface area contributed by atoms with E-state index in [1.807, 2.05) is 19.1 Å². The van der Waals surface area contributed by atoms with Crippen molar-refractivity contribution in [1.29, 1.82) is 0 Å². The summed E-state index contributed by atoms with van der Waals surface area (Å²) in [4.78, 5) is 3.90. The van der Waals surface area contributed by atoms with E-state index in [0.717, 1.165) is 5.56 Å². The topological polar surface area (TPSA) is 70.5 Å². The van der Waals surface area contributed by atoms with E-state index >= 15 is 0 Å². The molecule has 0 atom stereocenters. The normalized spacial score (nSPS) is 11.3. The molecule has 2 aromatic rings. The van der Waals surface area contributed by atoms with Crippen LogP contribution in [0.15, 0.2) is 47.6 Å². The Bertz CT molecular complexity index is 679. The van der Waals surface area contributed by atoms with Crippen LogP contribution in [0.1, 0.15) is 11.1 Å². The Labute approximate surface area is 118 Å². The number of aliphatic hydroxyl groups excluding tert-OH is 1. The predicted molar refractivity (Wildman–Crippen MR) is 76.9 cm³/mol. The van der Waals surface area contributed by atoms with Gasteiger partial charge in [-0.2, -0.15) is 8.42 Å². The van der Waals surface area contributed by atoms with Crippen LogP contribution in [0.4, 0.5) is 5.69 Å². The maximum Gasteiger partial charge on any atom is 0.281 e. The lowest BCUT2D eigenvalue weighted by Gasteiger charge is -2.19. The number of aliphatic hydroxyl groups is 1. The van der Waals surface area contributed by atoms with Gasteiger partial charge in [-0.1, -0.05) is 23.8 Å². The van der Waals surface area contributed by atoms with Crippen molar-refractivity contribution in [2.75, 3.05) is 11.4 Å². The van der Waals surface area contributed by atoms with Crippen molar-refractivity contribution in [2.45, 2.75) is 18.6 Å². The molecular formula is C14H16N2O3S. The maximum absolute atomic E-state index is 12.4. The zero-order chi connectivity index (χ0) is 14.8. The van der Waals surface area contributed by atoms with Crippen LogP contribution in [-0.2, 0) is 16.6 Å². The quantitative estimate of drug-likeness (QED) is 0.931. The van der Waals surface area contributed by atoms with Crippen LogP contribution in [-0.4, -0.2) is 25.6 Å². The number of hydrogen-bond acceptors (Lipinski definition) is 4. The van der Waals surface area contributed by atoms with Gasteiger partial charge in [0.2, 0.25) is 0 Å². The Kier molecular flexibility index (Phi) is 4.06. The molecule has 1 N–H and O–H groups in total. The van der Waals surface area contributed by atoms with Gasteiger partial charge in [0.25, 0.3) is 10.0 Å². The van der Waals surface area contributed by atoms with Gasteiger partial charge in [-0.25, -0.2) is 4.98 Å². The maximum atomic E-state index is 12.4. The molecule has 1 heterocycles. The number of benzene rings is 1. The second-order valence-corrected chi connectivity index (χ2v) is 6.39. The molecule has 0 aliphatic heterocycles. The van der Waals surface area contributed by atoms with Gasteiger partial charge in [0.05, 0.1) is 12.3 Å². The smallest absolute Gasteiger partial charge is 0.281 e. The van der Waals surface area contributed by atoms with Gasteiger partial charge in [0, 0.05) is 13.2 Å². The van der Waals surface area contributed by atoms with Crippen molar-refractivity contribution in [2.24, 2.45) is 0 Å². The van der Waals surface area contributed by atoms with E-state index in [1.54, 1.807) is 18.2 Å². The van der Waals surface area contributed by atoms with E-state index in [2.05, 4.69) is 4.98 Å². The van der Waals surface area contributed by atoms with Crippen LogP contribution in [0.5, 0.6) is 0 Å². The zero-order valence-corrected chi connectivity index (χ0v) is 12.1. The van der Waals surface area contributed by atoms with E-state index < -0.39 is 10.0 Å². The molecule has 0 fully saturated rings. The first kappa shape index (κ1) is 14.5. The molecule has 0 unspecified atom stereocenters. The number of rotatable bonds is 4. The molecule has 0 aliphatic carbocycles. The highest BCUT2D eigenvalue weighted by Crippen LogP contribution is 2.21. The van der Waals surface area contributed by atoms with Crippen molar-refractivity contribution >= 4 is 15.7 Å².